The zero-order valence-corrected chi connectivity index (χ0v) is 11.1. The van der Waals surface area contributed by atoms with Gasteiger partial charge in [0.25, 0.3) is 0 Å². The van der Waals surface area contributed by atoms with Crippen molar-refractivity contribution in [3.8, 4) is 0 Å². The fraction of sp³-hybridized carbons (Fsp3) is 0.800. The van der Waals surface area contributed by atoms with Crippen LogP contribution in [0.2, 0.25) is 0 Å². The molecule has 0 aliphatic carbocycles. The second-order valence-corrected chi connectivity index (χ2v) is 4.71. The fourth-order valence-corrected chi connectivity index (χ4v) is 2.69. The number of carbonyl (C=O) groups excluding carboxylic acids is 2. The Labute approximate surface area is 111 Å². The zero-order valence-electron chi connectivity index (χ0n) is 10.3. The van der Waals surface area contributed by atoms with E-state index in [0.29, 0.717) is 13.0 Å². The molecule has 8 heteroatoms. The van der Waals surface area contributed by atoms with E-state index in [1.54, 1.807) is 6.92 Å². The molecule has 0 saturated carbocycles. The lowest BCUT2D eigenvalue weighted by Crippen LogP contribution is -2.61. The number of hydrogen-bond acceptors (Lipinski definition) is 5. The number of urea groups is 1. The van der Waals surface area contributed by atoms with Crippen LogP contribution in [0.25, 0.3) is 0 Å². The van der Waals surface area contributed by atoms with E-state index >= 15 is 0 Å². The third-order valence-corrected chi connectivity index (χ3v) is 3.33. The summed E-state index contributed by atoms with van der Waals surface area (Å²) in [4.78, 5) is 24.2. The smallest absolute Gasteiger partial charge is 0.415 e. The van der Waals surface area contributed by atoms with Crippen LogP contribution >= 0.6 is 12.4 Å². The van der Waals surface area contributed by atoms with Gasteiger partial charge in [0, 0.05) is 19.0 Å². The van der Waals surface area contributed by atoms with Gasteiger partial charge < -0.3 is 15.2 Å². The summed E-state index contributed by atoms with van der Waals surface area (Å²) in [5.74, 6) is 0. The number of ether oxygens (including phenoxy) is 1. The Hall–Kier alpha value is -1.05. The predicted molar refractivity (Wildman–Crippen MR) is 65.5 cm³/mol. The van der Waals surface area contributed by atoms with E-state index in [2.05, 4.69) is 15.4 Å². The summed E-state index contributed by atoms with van der Waals surface area (Å²) in [6, 6.07) is -0.473. The second-order valence-electron chi connectivity index (χ2n) is 4.71. The third kappa shape index (κ3) is 2.68. The molecule has 2 heterocycles. The number of likely N-dealkylation sites (tertiary alicyclic amines) is 1. The molecule has 2 fully saturated rings. The molecule has 104 valence electrons. The van der Waals surface area contributed by atoms with Crippen molar-refractivity contribution < 1.29 is 19.4 Å². The summed E-state index contributed by atoms with van der Waals surface area (Å²) in [5.41, 5.74) is -1.24. The van der Waals surface area contributed by atoms with Gasteiger partial charge in [0.1, 0.15) is 5.72 Å². The highest BCUT2D eigenvalue weighted by molar-refractivity contribution is 5.91. The maximum absolute atomic E-state index is 11.9. The summed E-state index contributed by atoms with van der Waals surface area (Å²) in [6.45, 7) is 2.21. The molecule has 2 rings (SSSR count). The molecule has 0 aromatic heterocycles. The van der Waals surface area contributed by atoms with Crippen LogP contribution in [0.3, 0.4) is 0 Å². The quantitative estimate of drug-likeness (QED) is 0.582. The Bertz CT molecular complexity index is 350. The van der Waals surface area contributed by atoms with Crippen LogP contribution < -0.4 is 10.6 Å². The lowest BCUT2D eigenvalue weighted by molar-refractivity contribution is -0.104. The number of halogens is 1. The molecule has 3 atom stereocenters. The molecule has 2 aliphatic rings. The SMILES string of the molecule is COC(=O)NC(=O)N1[C@H]2CN[C@@H](C2)CC1(C)O.Cl. The van der Waals surface area contributed by atoms with Gasteiger partial charge in [-0.05, 0) is 13.3 Å². The first-order chi connectivity index (χ1) is 7.94. The number of fused-ring (bicyclic) bond motifs is 2. The first kappa shape index (κ1) is 15.0. The molecular formula is C10H18ClN3O4. The largest absolute Gasteiger partial charge is 0.453 e. The molecule has 0 aromatic carbocycles. The number of rotatable bonds is 0. The molecule has 2 bridgehead atoms. The Kier molecular flexibility index (Phi) is 4.41. The van der Waals surface area contributed by atoms with Crippen LogP contribution in [0.4, 0.5) is 9.59 Å². The standard InChI is InChI=1S/C10H17N3O4.ClH/c1-10(16)4-6-3-7(5-11-6)13(10)8(14)12-9(15)17-2;/h6-7,11,16H,3-5H2,1-2H3,(H,12,14,15);1H/t6-,7+,10?;/m0./s1. The molecule has 18 heavy (non-hydrogen) atoms. The van der Waals surface area contributed by atoms with E-state index in [1.165, 1.54) is 12.0 Å². The number of alkyl carbamates (subject to hydrolysis) is 1. The van der Waals surface area contributed by atoms with Gasteiger partial charge in [-0.1, -0.05) is 0 Å². The summed E-state index contributed by atoms with van der Waals surface area (Å²) in [6.07, 6.45) is 0.432. The van der Waals surface area contributed by atoms with Crippen LogP contribution in [-0.2, 0) is 4.74 Å². The molecule has 0 aromatic rings. The summed E-state index contributed by atoms with van der Waals surface area (Å²) in [7, 11) is 1.18. The predicted octanol–water partition coefficient (Wildman–Crippen LogP) is 0.0289. The molecule has 0 radical (unpaired) electrons. The van der Waals surface area contributed by atoms with Crippen LogP contribution in [0.5, 0.6) is 0 Å². The Morgan fingerprint density at radius 2 is 2.22 bits per heavy atom. The van der Waals surface area contributed by atoms with E-state index < -0.39 is 17.8 Å². The minimum absolute atomic E-state index is 0. The number of carbonyl (C=O) groups is 2. The van der Waals surface area contributed by atoms with Crippen molar-refractivity contribution in [1.29, 1.82) is 0 Å². The molecule has 1 unspecified atom stereocenters. The van der Waals surface area contributed by atoms with Crippen molar-refractivity contribution in [2.45, 2.75) is 37.6 Å². The minimum Gasteiger partial charge on any atom is -0.453 e. The monoisotopic (exact) mass is 279 g/mol. The number of imide groups is 1. The van der Waals surface area contributed by atoms with Gasteiger partial charge in [-0.15, -0.1) is 12.4 Å². The number of amides is 3. The number of aliphatic hydroxyl groups is 1. The molecule has 3 N–H and O–H groups in total. The molecule has 3 amide bonds. The van der Waals surface area contributed by atoms with E-state index in [1.807, 2.05) is 0 Å². The van der Waals surface area contributed by atoms with E-state index in [0.717, 1.165) is 6.42 Å². The van der Waals surface area contributed by atoms with Crippen LogP contribution in [0, 0.1) is 0 Å². The maximum Gasteiger partial charge on any atom is 0.415 e. The average molecular weight is 280 g/mol. The summed E-state index contributed by atoms with van der Waals surface area (Å²) < 4.78 is 4.36. The Morgan fingerprint density at radius 1 is 1.56 bits per heavy atom. The van der Waals surface area contributed by atoms with Crippen LogP contribution in [0.15, 0.2) is 0 Å². The lowest BCUT2D eigenvalue weighted by Gasteiger charge is -2.44. The Balaban J connectivity index is 0.00000162. The summed E-state index contributed by atoms with van der Waals surface area (Å²) in [5, 5.41) is 15.5. The topological polar surface area (TPSA) is 90.9 Å². The van der Waals surface area contributed by atoms with Crippen molar-refractivity contribution in [2.24, 2.45) is 0 Å². The lowest BCUT2D eigenvalue weighted by atomic mass is 9.94. The number of methoxy groups -OCH3 is 1. The molecular weight excluding hydrogens is 262 g/mol. The van der Waals surface area contributed by atoms with Crippen LogP contribution in [-0.4, -0.2) is 53.6 Å². The molecule has 7 nitrogen and oxygen atoms in total. The number of nitrogens with zero attached hydrogens (tertiary/aromatic N) is 1. The van der Waals surface area contributed by atoms with Crippen molar-refractivity contribution in [1.82, 2.24) is 15.5 Å². The summed E-state index contributed by atoms with van der Waals surface area (Å²) >= 11 is 0. The molecule has 2 saturated heterocycles. The number of piperidine rings is 1. The number of nitrogens with one attached hydrogen (secondary N) is 2. The van der Waals surface area contributed by atoms with Crippen molar-refractivity contribution in [3.05, 3.63) is 0 Å². The average Bonchev–Trinajstić information content (AvgIpc) is 2.59. The highest BCUT2D eigenvalue weighted by Crippen LogP contribution is 2.33. The van der Waals surface area contributed by atoms with Crippen molar-refractivity contribution in [3.63, 3.8) is 0 Å². The Morgan fingerprint density at radius 3 is 2.83 bits per heavy atom. The molecule has 2 aliphatic heterocycles. The first-order valence-corrected chi connectivity index (χ1v) is 5.58. The third-order valence-electron chi connectivity index (χ3n) is 3.33. The normalized spacial score (nSPS) is 33.6. The molecule has 0 spiro atoms. The van der Waals surface area contributed by atoms with Crippen molar-refractivity contribution in [2.75, 3.05) is 13.7 Å². The highest BCUT2D eigenvalue weighted by Gasteiger charge is 2.48. The van der Waals surface area contributed by atoms with Gasteiger partial charge in [0.2, 0.25) is 0 Å². The van der Waals surface area contributed by atoms with Gasteiger partial charge in [-0.3, -0.25) is 4.90 Å². The maximum atomic E-state index is 11.9. The van der Waals surface area contributed by atoms with Gasteiger partial charge in [0.05, 0.1) is 13.2 Å². The van der Waals surface area contributed by atoms with Gasteiger partial charge >= 0.3 is 12.1 Å². The van der Waals surface area contributed by atoms with E-state index in [9.17, 15) is 14.7 Å². The first-order valence-electron chi connectivity index (χ1n) is 5.58. The fourth-order valence-electron chi connectivity index (χ4n) is 2.69. The van der Waals surface area contributed by atoms with E-state index in [4.69, 9.17) is 0 Å². The second kappa shape index (κ2) is 5.29. The van der Waals surface area contributed by atoms with Gasteiger partial charge in [0.15, 0.2) is 0 Å². The van der Waals surface area contributed by atoms with Crippen LogP contribution in [0.1, 0.15) is 19.8 Å². The minimum atomic E-state index is -1.24. The highest BCUT2D eigenvalue weighted by atomic mass is 35.5. The van der Waals surface area contributed by atoms with Gasteiger partial charge in [-0.25, -0.2) is 14.9 Å². The van der Waals surface area contributed by atoms with Gasteiger partial charge in [-0.2, -0.15) is 0 Å². The number of hydrogen-bond donors (Lipinski definition) is 3. The zero-order chi connectivity index (χ0) is 12.6. The van der Waals surface area contributed by atoms with E-state index in [-0.39, 0.29) is 24.5 Å². The van der Waals surface area contributed by atoms with Crippen molar-refractivity contribution >= 4 is 24.5 Å².